The molecule has 4 heteroatoms. The summed E-state index contributed by atoms with van der Waals surface area (Å²) in [4.78, 5) is 0. The molecule has 2 nitrogen and oxygen atoms in total. The average molecular weight is 233 g/mol. The van der Waals surface area contributed by atoms with Crippen LogP contribution in [0.3, 0.4) is 0 Å². The molecule has 0 saturated carbocycles. The number of rotatable bonds is 1. The van der Waals surface area contributed by atoms with Crippen molar-refractivity contribution >= 4 is 25.1 Å². The molecular formula is C10H13ClO2S. The van der Waals surface area contributed by atoms with Gasteiger partial charge in [0.05, 0.1) is 0 Å². The lowest BCUT2D eigenvalue weighted by molar-refractivity contribution is 0.0885. The van der Waals surface area contributed by atoms with Crippen molar-refractivity contribution in [2.24, 2.45) is 0 Å². The van der Waals surface area contributed by atoms with Gasteiger partial charge >= 0.3 is 0 Å². The number of hydrogen-bond donors (Lipinski definition) is 0. The van der Waals surface area contributed by atoms with Crippen LogP contribution >= 0.6 is 25.1 Å². The van der Waals surface area contributed by atoms with E-state index >= 15 is 0 Å². The molecule has 1 aromatic carbocycles. The van der Waals surface area contributed by atoms with Gasteiger partial charge in [-0.05, 0) is 18.6 Å². The highest BCUT2D eigenvalue weighted by Crippen LogP contribution is 2.34. The number of hydrogen-bond acceptors (Lipinski definition) is 2. The summed E-state index contributed by atoms with van der Waals surface area (Å²) in [7, 11) is 0. The fraction of sp³-hybridized carbons (Fsp3) is 0.400. The minimum atomic E-state index is 0. The van der Waals surface area contributed by atoms with Gasteiger partial charge in [-0.2, -0.15) is 13.5 Å². The second-order valence-corrected chi connectivity index (χ2v) is 3.49. The smallest absolute Gasteiger partial charge is 0.163 e. The number of fused-ring (bicyclic) bond motifs is 1. The van der Waals surface area contributed by atoms with Crippen molar-refractivity contribution in [2.45, 2.75) is 19.4 Å². The molecule has 1 aromatic rings. The minimum absolute atomic E-state index is 0. The average Bonchev–Trinajstić information content (AvgIpc) is 2.16. The zero-order valence-electron chi connectivity index (χ0n) is 7.92. The molecule has 1 atom stereocenters. The van der Waals surface area contributed by atoms with E-state index in [4.69, 9.17) is 21.1 Å². The van der Waals surface area contributed by atoms with Gasteiger partial charge in [0, 0.05) is 11.1 Å². The Bertz CT molecular complexity index is 317. The summed E-state index contributed by atoms with van der Waals surface area (Å²) < 4.78 is 11.2. The first kappa shape index (κ1) is 11.5. The predicted molar refractivity (Wildman–Crippen MR) is 62.0 cm³/mol. The second kappa shape index (κ2) is 4.80. The van der Waals surface area contributed by atoms with E-state index in [9.17, 15) is 0 Å². The van der Waals surface area contributed by atoms with Crippen LogP contribution in [-0.4, -0.2) is 12.7 Å². The van der Waals surface area contributed by atoms with E-state index in [0.717, 1.165) is 17.9 Å². The molecule has 0 fully saturated rings. The topological polar surface area (TPSA) is 18.5 Å². The molecule has 78 valence electrons. The van der Waals surface area contributed by atoms with Crippen LogP contribution < -0.4 is 9.47 Å². The predicted octanol–water partition coefficient (Wildman–Crippen LogP) is 3.00. The van der Waals surface area contributed by atoms with Crippen LogP contribution in [-0.2, 0) is 0 Å². The van der Waals surface area contributed by atoms with E-state index in [1.165, 1.54) is 0 Å². The van der Waals surface area contributed by atoms with Crippen LogP contribution in [0.25, 0.3) is 0 Å². The fourth-order valence-electron chi connectivity index (χ4n) is 1.29. The molecule has 2 rings (SSSR count). The number of ether oxygens (including phenoxy) is 2. The summed E-state index contributed by atoms with van der Waals surface area (Å²) in [5.41, 5.74) is 0. The molecule has 0 aliphatic carbocycles. The summed E-state index contributed by atoms with van der Waals surface area (Å²) in [6, 6.07) is 5.43. The van der Waals surface area contributed by atoms with Gasteiger partial charge < -0.3 is 9.47 Å². The van der Waals surface area contributed by atoms with Gasteiger partial charge in [-0.1, -0.05) is 18.5 Å². The second-order valence-electron chi connectivity index (χ2n) is 3.05. The van der Waals surface area contributed by atoms with Crippen molar-refractivity contribution in [2.75, 3.05) is 6.61 Å². The zero-order valence-corrected chi connectivity index (χ0v) is 9.67. The maximum atomic E-state index is 5.83. The third-order valence-electron chi connectivity index (χ3n) is 2.08. The molecule has 0 unspecified atom stereocenters. The monoisotopic (exact) mass is 232 g/mol. The Hall–Kier alpha value is -0.540. The van der Waals surface area contributed by atoms with Crippen molar-refractivity contribution in [3.63, 3.8) is 0 Å². The normalized spacial score (nSPS) is 18.6. The molecule has 0 radical (unpaired) electrons. The summed E-state index contributed by atoms with van der Waals surface area (Å²) in [6.07, 6.45) is 1.11. The Kier molecular flexibility index (Phi) is 3.96. The standard InChI is InChI=1S/C10H11ClO2.H2S/c1-2-8-6-12-9-4-3-7(11)5-10(9)13-8;/h3-5,8H,2,6H2,1H3;1H2/t8-;/m0./s1. The van der Waals surface area contributed by atoms with Crippen molar-refractivity contribution in [3.05, 3.63) is 23.2 Å². The molecule has 0 spiro atoms. The first-order valence-corrected chi connectivity index (χ1v) is 4.76. The molecule has 14 heavy (non-hydrogen) atoms. The van der Waals surface area contributed by atoms with E-state index < -0.39 is 0 Å². The Morgan fingerprint density at radius 3 is 2.93 bits per heavy atom. The molecule has 1 aliphatic heterocycles. The highest BCUT2D eigenvalue weighted by atomic mass is 35.5. The van der Waals surface area contributed by atoms with Crippen LogP contribution in [0, 0.1) is 0 Å². The highest BCUT2D eigenvalue weighted by molar-refractivity contribution is 7.59. The van der Waals surface area contributed by atoms with Crippen LogP contribution in [0.2, 0.25) is 5.02 Å². The van der Waals surface area contributed by atoms with Crippen LogP contribution in [0.1, 0.15) is 13.3 Å². The van der Waals surface area contributed by atoms with Crippen molar-refractivity contribution < 1.29 is 9.47 Å². The van der Waals surface area contributed by atoms with Gasteiger partial charge in [-0.15, -0.1) is 0 Å². The van der Waals surface area contributed by atoms with Gasteiger partial charge in [0.1, 0.15) is 12.7 Å². The third-order valence-corrected chi connectivity index (χ3v) is 2.31. The molecule has 0 amide bonds. The van der Waals surface area contributed by atoms with Crippen LogP contribution in [0.4, 0.5) is 0 Å². The lowest BCUT2D eigenvalue weighted by Gasteiger charge is -2.25. The summed E-state index contributed by atoms with van der Waals surface area (Å²) in [6.45, 7) is 2.70. The molecule has 0 bridgehead atoms. The zero-order chi connectivity index (χ0) is 9.26. The molecule has 0 aromatic heterocycles. The summed E-state index contributed by atoms with van der Waals surface area (Å²) in [5, 5.41) is 0.680. The van der Waals surface area contributed by atoms with E-state index in [1.54, 1.807) is 12.1 Å². The molecule has 0 saturated heterocycles. The lowest BCUT2D eigenvalue weighted by atomic mass is 10.2. The molecule has 1 aliphatic rings. The van der Waals surface area contributed by atoms with E-state index in [0.29, 0.717) is 11.6 Å². The van der Waals surface area contributed by atoms with E-state index in [2.05, 4.69) is 6.92 Å². The van der Waals surface area contributed by atoms with Gasteiger partial charge in [0.2, 0.25) is 0 Å². The Balaban J connectivity index is 0.000000980. The fourth-order valence-corrected chi connectivity index (χ4v) is 1.45. The molecule has 0 N–H and O–H groups in total. The number of benzene rings is 1. The van der Waals surface area contributed by atoms with Gasteiger partial charge in [0.25, 0.3) is 0 Å². The van der Waals surface area contributed by atoms with Crippen LogP contribution in [0.5, 0.6) is 11.5 Å². The number of halogens is 1. The maximum Gasteiger partial charge on any atom is 0.163 e. The van der Waals surface area contributed by atoms with Crippen LogP contribution in [0.15, 0.2) is 18.2 Å². The van der Waals surface area contributed by atoms with E-state index in [1.807, 2.05) is 6.07 Å². The van der Waals surface area contributed by atoms with Gasteiger partial charge in [-0.3, -0.25) is 0 Å². The third kappa shape index (κ3) is 2.28. The Morgan fingerprint density at radius 2 is 2.21 bits per heavy atom. The van der Waals surface area contributed by atoms with Crippen molar-refractivity contribution in [1.29, 1.82) is 0 Å². The summed E-state index contributed by atoms with van der Waals surface area (Å²) in [5.74, 6) is 1.54. The summed E-state index contributed by atoms with van der Waals surface area (Å²) >= 11 is 5.83. The first-order chi connectivity index (χ1) is 6.29. The molecular weight excluding hydrogens is 220 g/mol. The maximum absolute atomic E-state index is 5.83. The minimum Gasteiger partial charge on any atom is -0.486 e. The first-order valence-electron chi connectivity index (χ1n) is 4.38. The van der Waals surface area contributed by atoms with Crippen molar-refractivity contribution in [3.8, 4) is 11.5 Å². The highest BCUT2D eigenvalue weighted by Gasteiger charge is 2.19. The Labute approximate surface area is 95.6 Å². The van der Waals surface area contributed by atoms with Crippen molar-refractivity contribution in [1.82, 2.24) is 0 Å². The lowest BCUT2D eigenvalue weighted by Crippen LogP contribution is -2.28. The van der Waals surface area contributed by atoms with Gasteiger partial charge in [-0.25, -0.2) is 0 Å². The quantitative estimate of drug-likeness (QED) is 0.741. The van der Waals surface area contributed by atoms with Gasteiger partial charge in [0.15, 0.2) is 11.5 Å². The van der Waals surface area contributed by atoms with E-state index in [-0.39, 0.29) is 19.6 Å². The molecule has 1 heterocycles. The Morgan fingerprint density at radius 1 is 1.43 bits per heavy atom. The SMILES string of the molecule is CC[C@H]1COc2ccc(Cl)cc2O1.S. The largest absolute Gasteiger partial charge is 0.486 e.